The van der Waals surface area contributed by atoms with Crippen molar-refractivity contribution in [3.63, 3.8) is 0 Å². The van der Waals surface area contributed by atoms with Crippen LogP contribution in [0.15, 0.2) is 24.3 Å². The van der Waals surface area contributed by atoms with Crippen LogP contribution in [0.5, 0.6) is 5.75 Å². The van der Waals surface area contributed by atoms with Gasteiger partial charge in [-0.2, -0.15) is 0 Å². The van der Waals surface area contributed by atoms with Gasteiger partial charge in [-0.15, -0.1) is 0 Å². The fourth-order valence-corrected chi connectivity index (χ4v) is 3.40. The molecule has 1 heterocycles. The van der Waals surface area contributed by atoms with E-state index in [0.717, 1.165) is 24.2 Å². The van der Waals surface area contributed by atoms with Crippen LogP contribution < -0.4 is 4.74 Å². The predicted molar refractivity (Wildman–Crippen MR) is 80.8 cm³/mol. The fourth-order valence-electron chi connectivity index (χ4n) is 3.40. The lowest BCUT2D eigenvalue weighted by Crippen LogP contribution is -2.43. The zero-order chi connectivity index (χ0) is 15.7. The molecule has 0 aromatic heterocycles. The molecule has 22 heavy (non-hydrogen) atoms. The molecule has 1 amide bonds. The Balaban J connectivity index is 1.66. The summed E-state index contributed by atoms with van der Waals surface area (Å²) in [6.07, 6.45) is 2.27. The average Bonchev–Trinajstić information content (AvgIpc) is 3.34. The molecule has 3 rings (SSSR count). The van der Waals surface area contributed by atoms with E-state index in [2.05, 4.69) is 0 Å². The molecule has 1 N–H and O–H groups in total. The number of para-hydroxylation sites is 1. The van der Waals surface area contributed by atoms with Crippen LogP contribution in [-0.4, -0.2) is 42.1 Å². The average molecular weight is 303 g/mol. The van der Waals surface area contributed by atoms with E-state index in [1.165, 1.54) is 0 Å². The van der Waals surface area contributed by atoms with Crippen molar-refractivity contribution >= 4 is 11.9 Å². The molecule has 1 aromatic carbocycles. The molecule has 3 atom stereocenters. The molecule has 0 unspecified atom stereocenters. The quantitative estimate of drug-likeness (QED) is 0.925. The van der Waals surface area contributed by atoms with Gasteiger partial charge in [-0.3, -0.25) is 9.59 Å². The summed E-state index contributed by atoms with van der Waals surface area (Å²) < 4.78 is 5.37. The molecule has 2 aliphatic rings. The van der Waals surface area contributed by atoms with Gasteiger partial charge in [-0.25, -0.2) is 0 Å². The summed E-state index contributed by atoms with van der Waals surface area (Å²) in [5.41, 5.74) is 1.08. The van der Waals surface area contributed by atoms with E-state index in [4.69, 9.17) is 9.84 Å². The minimum Gasteiger partial charge on any atom is -0.496 e. The van der Waals surface area contributed by atoms with Gasteiger partial charge in [0.2, 0.25) is 5.91 Å². The van der Waals surface area contributed by atoms with Gasteiger partial charge >= 0.3 is 5.97 Å². The summed E-state index contributed by atoms with van der Waals surface area (Å²) in [7, 11) is 1.64. The van der Waals surface area contributed by atoms with Gasteiger partial charge in [0.1, 0.15) is 5.75 Å². The van der Waals surface area contributed by atoms with E-state index in [0.29, 0.717) is 19.5 Å². The second-order valence-electron chi connectivity index (χ2n) is 6.15. The number of methoxy groups -OCH3 is 1. The number of carboxylic acids is 1. The largest absolute Gasteiger partial charge is 0.496 e. The number of hydrogen-bond donors (Lipinski definition) is 1. The normalized spacial score (nSPS) is 27.3. The maximum absolute atomic E-state index is 12.6. The number of rotatable bonds is 4. The number of hydrogen-bond acceptors (Lipinski definition) is 3. The summed E-state index contributed by atoms with van der Waals surface area (Å²) in [5, 5.41) is 9.14. The number of ether oxygens (including phenoxy) is 1. The number of likely N-dealkylation sites (tertiary alicyclic amines) is 1. The summed E-state index contributed by atoms with van der Waals surface area (Å²) in [6.45, 7) is 1.03. The van der Waals surface area contributed by atoms with Gasteiger partial charge in [0, 0.05) is 19.0 Å². The Morgan fingerprint density at radius 1 is 1.32 bits per heavy atom. The van der Waals surface area contributed by atoms with Crippen molar-refractivity contribution in [2.45, 2.75) is 25.2 Å². The molecule has 5 heteroatoms. The molecular formula is C17H21NO4. The Morgan fingerprint density at radius 2 is 2.09 bits per heavy atom. The highest BCUT2D eigenvalue weighted by atomic mass is 16.5. The van der Waals surface area contributed by atoms with Crippen LogP contribution in [0.2, 0.25) is 0 Å². The number of carboxylic acid groups (broad SMARTS) is 1. The SMILES string of the molecule is COc1ccccc1[C@@H]1C[C@H]1C(=O)N1CCC[C@H](C(=O)O)C1. The number of carbonyl (C=O) groups is 2. The maximum Gasteiger partial charge on any atom is 0.308 e. The van der Waals surface area contributed by atoms with Crippen LogP contribution in [0.25, 0.3) is 0 Å². The number of aliphatic carboxylic acids is 1. The highest BCUT2D eigenvalue weighted by Crippen LogP contribution is 2.51. The standard InChI is InChI=1S/C17H21NO4/c1-22-15-7-3-2-6-12(15)13-9-14(13)16(19)18-8-4-5-11(10-18)17(20)21/h2-3,6-7,11,13-14H,4-5,8-10H2,1H3,(H,20,21)/t11-,13-,14+/m0/s1. The van der Waals surface area contributed by atoms with Gasteiger partial charge in [0.25, 0.3) is 0 Å². The molecule has 5 nitrogen and oxygen atoms in total. The second-order valence-corrected chi connectivity index (χ2v) is 6.15. The van der Waals surface area contributed by atoms with Crippen molar-refractivity contribution in [3.8, 4) is 5.75 Å². The first-order chi connectivity index (χ1) is 10.6. The monoisotopic (exact) mass is 303 g/mol. The number of benzene rings is 1. The smallest absolute Gasteiger partial charge is 0.308 e. The van der Waals surface area contributed by atoms with Crippen molar-refractivity contribution in [3.05, 3.63) is 29.8 Å². The molecule has 0 spiro atoms. The van der Waals surface area contributed by atoms with Crippen LogP contribution in [0.1, 0.15) is 30.7 Å². The predicted octanol–water partition coefficient (Wildman–Crippen LogP) is 2.12. The van der Waals surface area contributed by atoms with Crippen molar-refractivity contribution < 1.29 is 19.4 Å². The molecule has 2 fully saturated rings. The van der Waals surface area contributed by atoms with Gasteiger partial charge in [0.05, 0.1) is 13.0 Å². The van der Waals surface area contributed by atoms with Gasteiger partial charge < -0.3 is 14.7 Å². The highest BCUT2D eigenvalue weighted by Gasteiger charge is 2.47. The highest BCUT2D eigenvalue weighted by molar-refractivity contribution is 5.84. The van der Waals surface area contributed by atoms with E-state index in [-0.39, 0.29) is 17.7 Å². The lowest BCUT2D eigenvalue weighted by atomic mass is 9.97. The molecule has 1 saturated heterocycles. The number of piperidine rings is 1. The van der Waals surface area contributed by atoms with Crippen LogP contribution in [0, 0.1) is 11.8 Å². The Kier molecular flexibility index (Phi) is 4.05. The summed E-state index contributed by atoms with van der Waals surface area (Å²) in [4.78, 5) is 25.5. The number of carbonyl (C=O) groups excluding carboxylic acids is 1. The second kappa shape index (κ2) is 5.99. The molecule has 1 saturated carbocycles. The first kappa shape index (κ1) is 14.9. The zero-order valence-electron chi connectivity index (χ0n) is 12.7. The lowest BCUT2D eigenvalue weighted by molar-refractivity contribution is -0.146. The van der Waals surface area contributed by atoms with E-state index in [9.17, 15) is 9.59 Å². The first-order valence-corrected chi connectivity index (χ1v) is 7.76. The Bertz CT molecular complexity index is 586. The van der Waals surface area contributed by atoms with Crippen molar-refractivity contribution in [2.24, 2.45) is 11.8 Å². The summed E-state index contributed by atoms with van der Waals surface area (Å²) >= 11 is 0. The van der Waals surface area contributed by atoms with Gasteiger partial charge in [-0.05, 0) is 36.8 Å². The first-order valence-electron chi connectivity index (χ1n) is 7.76. The van der Waals surface area contributed by atoms with Crippen LogP contribution in [0.3, 0.4) is 0 Å². The molecule has 1 aliphatic carbocycles. The number of amides is 1. The number of nitrogens with zero attached hydrogens (tertiary/aromatic N) is 1. The minimum absolute atomic E-state index is 0.0242. The van der Waals surface area contributed by atoms with Gasteiger partial charge in [0.15, 0.2) is 0 Å². The van der Waals surface area contributed by atoms with Crippen molar-refractivity contribution in [2.75, 3.05) is 20.2 Å². The van der Waals surface area contributed by atoms with Crippen LogP contribution in [0.4, 0.5) is 0 Å². The van der Waals surface area contributed by atoms with E-state index < -0.39 is 11.9 Å². The minimum atomic E-state index is -0.797. The Labute approximate surface area is 129 Å². The lowest BCUT2D eigenvalue weighted by Gasteiger charge is -2.31. The third kappa shape index (κ3) is 2.80. The molecule has 1 aliphatic heterocycles. The topological polar surface area (TPSA) is 66.8 Å². The summed E-state index contributed by atoms with van der Waals surface area (Å²) in [6, 6.07) is 7.80. The maximum atomic E-state index is 12.6. The Hall–Kier alpha value is -2.04. The van der Waals surface area contributed by atoms with E-state index in [1.807, 2.05) is 24.3 Å². The van der Waals surface area contributed by atoms with Crippen LogP contribution in [-0.2, 0) is 9.59 Å². The Morgan fingerprint density at radius 3 is 2.82 bits per heavy atom. The van der Waals surface area contributed by atoms with Gasteiger partial charge in [-0.1, -0.05) is 18.2 Å². The third-order valence-corrected chi connectivity index (χ3v) is 4.73. The van der Waals surface area contributed by atoms with Crippen molar-refractivity contribution in [1.82, 2.24) is 4.90 Å². The third-order valence-electron chi connectivity index (χ3n) is 4.73. The zero-order valence-corrected chi connectivity index (χ0v) is 12.7. The molecule has 0 bridgehead atoms. The molecule has 118 valence electrons. The van der Waals surface area contributed by atoms with E-state index in [1.54, 1.807) is 12.0 Å². The van der Waals surface area contributed by atoms with Crippen molar-refractivity contribution in [1.29, 1.82) is 0 Å². The van der Waals surface area contributed by atoms with Crippen LogP contribution >= 0.6 is 0 Å². The van der Waals surface area contributed by atoms with E-state index >= 15 is 0 Å². The molecular weight excluding hydrogens is 282 g/mol. The molecule has 1 aromatic rings. The summed E-state index contributed by atoms with van der Waals surface area (Å²) in [5.74, 6) is -0.111. The molecule has 0 radical (unpaired) electrons. The fraction of sp³-hybridized carbons (Fsp3) is 0.529.